The number of nitrogens with zero attached hydrogens (tertiary/aromatic N) is 2. The van der Waals surface area contributed by atoms with Gasteiger partial charge in [0, 0.05) is 25.2 Å². The van der Waals surface area contributed by atoms with Crippen LogP contribution in [0.1, 0.15) is 25.3 Å². The zero-order valence-electron chi connectivity index (χ0n) is 13.0. The number of amides is 1. The molecule has 0 saturated carbocycles. The molecule has 0 aromatic heterocycles. The quantitative estimate of drug-likeness (QED) is 0.513. The molecule has 1 amide bonds. The number of nitrogens with one attached hydrogen (secondary N) is 1. The number of likely N-dealkylation sites (tertiary alicyclic amines) is 1. The van der Waals surface area contributed by atoms with Gasteiger partial charge in [0.05, 0.1) is 16.6 Å². The molecule has 124 valence electrons. The Morgan fingerprint density at radius 1 is 1.48 bits per heavy atom. The average Bonchev–Trinajstić information content (AvgIpc) is 2.54. The van der Waals surface area contributed by atoms with Gasteiger partial charge in [0.25, 0.3) is 5.69 Å². The Morgan fingerprint density at radius 3 is 2.78 bits per heavy atom. The maximum Gasteiger partial charge on any atom is 0.279 e. The van der Waals surface area contributed by atoms with Gasteiger partial charge in [-0.05, 0) is 37.6 Å². The molecule has 0 unspecified atom stereocenters. The molecule has 1 aliphatic heterocycles. The van der Waals surface area contributed by atoms with E-state index in [1.807, 2.05) is 0 Å². The van der Waals surface area contributed by atoms with Crippen LogP contribution in [0.3, 0.4) is 0 Å². The van der Waals surface area contributed by atoms with E-state index in [2.05, 4.69) is 17.1 Å². The highest BCUT2D eigenvalue weighted by molar-refractivity contribution is 5.92. The molecule has 1 aliphatic rings. The van der Waals surface area contributed by atoms with Crippen LogP contribution < -0.4 is 5.32 Å². The molecule has 0 atom stereocenters. The number of halogens is 1. The molecule has 2 rings (SSSR count). The number of hydrogen-bond donors (Lipinski definition) is 1. The predicted octanol–water partition coefficient (Wildman–Crippen LogP) is 2.35. The molecule has 0 bridgehead atoms. The number of piperidine rings is 1. The maximum atomic E-state index is 13.1. The Bertz CT molecular complexity index is 611. The summed E-state index contributed by atoms with van der Waals surface area (Å²) in [6.07, 6.45) is 4.38. The summed E-state index contributed by atoms with van der Waals surface area (Å²) in [5.41, 5.74) is -0.155. The lowest BCUT2D eigenvalue weighted by Gasteiger charge is -2.31. The van der Waals surface area contributed by atoms with Crippen molar-refractivity contribution in [1.82, 2.24) is 10.2 Å². The summed E-state index contributed by atoms with van der Waals surface area (Å²) in [6.45, 7) is 5.02. The van der Waals surface area contributed by atoms with Gasteiger partial charge >= 0.3 is 0 Å². The fourth-order valence-electron chi connectivity index (χ4n) is 2.62. The summed E-state index contributed by atoms with van der Waals surface area (Å²) in [5, 5.41) is 13.8. The fraction of sp³-hybridized carbons (Fsp3) is 0.438. The molecule has 1 aromatic carbocycles. The highest BCUT2D eigenvalue weighted by Crippen LogP contribution is 2.21. The molecule has 1 aromatic rings. The zero-order chi connectivity index (χ0) is 16.8. The number of nitro groups is 1. The van der Waals surface area contributed by atoms with Gasteiger partial charge < -0.3 is 10.2 Å². The third-order valence-electron chi connectivity index (χ3n) is 3.98. The van der Waals surface area contributed by atoms with Crippen LogP contribution >= 0.6 is 0 Å². The third-order valence-corrected chi connectivity index (χ3v) is 3.98. The van der Waals surface area contributed by atoms with Gasteiger partial charge in [0.15, 0.2) is 0 Å². The molecular weight excluding hydrogens is 301 g/mol. The monoisotopic (exact) mass is 321 g/mol. The fourth-order valence-corrected chi connectivity index (χ4v) is 2.62. The van der Waals surface area contributed by atoms with Gasteiger partial charge in [-0.15, -0.1) is 0 Å². The number of hydrogen-bond acceptors (Lipinski definition) is 4. The lowest BCUT2D eigenvalue weighted by atomic mass is 10.1. The molecule has 6 nitrogen and oxygen atoms in total. The van der Waals surface area contributed by atoms with Gasteiger partial charge in [-0.2, -0.15) is 0 Å². The first-order valence-corrected chi connectivity index (χ1v) is 7.64. The maximum absolute atomic E-state index is 13.1. The van der Waals surface area contributed by atoms with E-state index in [1.54, 1.807) is 0 Å². The smallest absolute Gasteiger partial charge is 0.279 e. The predicted molar refractivity (Wildman–Crippen MR) is 85.4 cm³/mol. The number of rotatable bonds is 5. The second kappa shape index (κ2) is 7.82. The Morgan fingerprint density at radius 2 is 2.17 bits per heavy atom. The molecule has 0 aliphatic carbocycles. The second-order valence-corrected chi connectivity index (χ2v) is 5.51. The Hall–Kier alpha value is -2.28. The minimum absolute atomic E-state index is 0.123. The first-order valence-electron chi connectivity index (χ1n) is 7.64. The summed E-state index contributed by atoms with van der Waals surface area (Å²) < 4.78 is 13.1. The van der Waals surface area contributed by atoms with Crippen molar-refractivity contribution in [3.05, 3.63) is 45.8 Å². The third kappa shape index (κ3) is 4.85. The summed E-state index contributed by atoms with van der Waals surface area (Å²) in [6, 6.07) is 3.39. The normalized spacial score (nSPS) is 16.6. The molecule has 23 heavy (non-hydrogen) atoms. The molecule has 0 radical (unpaired) electrons. The van der Waals surface area contributed by atoms with Crippen LogP contribution in [0, 0.1) is 15.9 Å². The topological polar surface area (TPSA) is 75.5 Å². The largest absolute Gasteiger partial charge is 0.350 e. The van der Waals surface area contributed by atoms with E-state index in [1.165, 1.54) is 18.2 Å². The van der Waals surface area contributed by atoms with Crippen LogP contribution in [0.15, 0.2) is 24.3 Å². The summed E-state index contributed by atoms with van der Waals surface area (Å²) in [4.78, 5) is 24.5. The van der Waals surface area contributed by atoms with Crippen LogP contribution in [-0.2, 0) is 4.79 Å². The van der Waals surface area contributed by atoms with Gasteiger partial charge in [-0.3, -0.25) is 14.9 Å². The summed E-state index contributed by atoms with van der Waals surface area (Å²) >= 11 is 0. The van der Waals surface area contributed by atoms with Crippen LogP contribution in [0.25, 0.3) is 6.08 Å². The van der Waals surface area contributed by atoms with Gasteiger partial charge in [-0.1, -0.05) is 6.92 Å². The first-order chi connectivity index (χ1) is 11.0. The van der Waals surface area contributed by atoms with Crippen LogP contribution in [-0.4, -0.2) is 41.4 Å². The second-order valence-electron chi connectivity index (χ2n) is 5.51. The molecule has 1 fully saturated rings. The zero-order valence-corrected chi connectivity index (χ0v) is 13.0. The highest BCUT2D eigenvalue weighted by atomic mass is 19.1. The number of carbonyl (C=O) groups is 1. The van der Waals surface area contributed by atoms with Gasteiger partial charge in [0.1, 0.15) is 5.82 Å². The van der Waals surface area contributed by atoms with E-state index in [0.29, 0.717) is 0 Å². The molecule has 0 spiro atoms. The number of carbonyl (C=O) groups excluding carboxylic acids is 1. The van der Waals surface area contributed by atoms with Crippen molar-refractivity contribution in [2.75, 3.05) is 19.6 Å². The van der Waals surface area contributed by atoms with Crippen LogP contribution in [0.5, 0.6) is 0 Å². The van der Waals surface area contributed by atoms with E-state index < -0.39 is 10.7 Å². The molecule has 1 saturated heterocycles. The van der Waals surface area contributed by atoms with Crippen LogP contribution in [0.2, 0.25) is 0 Å². The minimum atomic E-state index is -0.680. The summed E-state index contributed by atoms with van der Waals surface area (Å²) in [7, 11) is 0. The van der Waals surface area contributed by atoms with Gasteiger partial charge in [0.2, 0.25) is 5.91 Å². The van der Waals surface area contributed by atoms with E-state index >= 15 is 0 Å². The van der Waals surface area contributed by atoms with E-state index in [9.17, 15) is 19.3 Å². The first kappa shape index (κ1) is 17.1. The molecular formula is C16H20FN3O3. The highest BCUT2D eigenvalue weighted by Gasteiger charge is 2.19. The Labute approximate surface area is 134 Å². The standard InChI is InChI=1S/C16H20FN3O3/c1-2-19-9-7-14(8-10-19)18-16(21)6-4-12-3-5-13(17)11-15(12)20(22)23/h3-6,11,14H,2,7-10H2,1H3,(H,18,21). The van der Waals surface area contributed by atoms with Crippen LogP contribution in [0.4, 0.5) is 10.1 Å². The van der Waals surface area contributed by atoms with Crippen molar-refractivity contribution in [3.63, 3.8) is 0 Å². The lowest BCUT2D eigenvalue weighted by molar-refractivity contribution is -0.385. The van der Waals surface area contributed by atoms with Gasteiger partial charge in [-0.25, -0.2) is 4.39 Å². The number of benzene rings is 1. The SMILES string of the molecule is CCN1CCC(NC(=O)C=Cc2ccc(F)cc2[N+](=O)[O-])CC1. The van der Waals surface area contributed by atoms with Crippen molar-refractivity contribution >= 4 is 17.7 Å². The van der Waals surface area contributed by atoms with E-state index in [4.69, 9.17) is 0 Å². The molecule has 7 heteroatoms. The molecule has 1 N–H and O–H groups in total. The Balaban J connectivity index is 1.95. The van der Waals surface area contributed by atoms with Crippen molar-refractivity contribution in [2.24, 2.45) is 0 Å². The minimum Gasteiger partial charge on any atom is -0.350 e. The van der Waals surface area contributed by atoms with Crippen molar-refractivity contribution < 1.29 is 14.1 Å². The summed E-state index contributed by atoms with van der Waals surface area (Å²) in [5.74, 6) is -0.973. The average molecular weight is 321 g/mol. The lowest BCUT2D eigenvalue weighted by Crippen LogP contribution is -2.44. The van der Waals surface area contributed by atoms with Crippen molar-refractivity contribution in [2.45, 2.75) is 25.8 Å². The van der Waals surface area contributed by atoms with E-state index in [-0.39, 0.29) is 23.2 Å². The Kier molecular flexibility index (Phi) is 5.81. The molecule has 1 heterocycles. The number of nitro benzene ring substituents is 1. The van der Waals surface area contributed by atoms with Crippen molar-refractivity contribution in [3.8, 4) is 0 Å². The van der Waals surface area contributed by atoms with E-state index in [0.717, 1.165) is 44.6 Å². The van der Waals surface area contributed by atoms with Crippen molar-refractivity contribution in [1.29, 1.82) is 0 Å².